The van der Waals surface area contributed by atoms with Crippen molar-refractivity contribution in [3.8, 4) is 0 Å². The lowest BCUT2D eigenvalue weighted by atomic mass is 9.92. The van der Waals surface area contributed by atoms with Crippen LogP contribution in [0.15, 0.2) is 12.4 Å². The van der Waals surface area contributed by atoms with Crippen molar-refractivity contribution in [2.24, 2.45) is 5.73 Å². The molecule has 7 nitrogen and oxygen atoms in total. The molecule has 2 amide bonds. The standard InChI is InChI=1S/C12H13F3N4O3/c13-12(14,15)11(22)2-1-5-19(6-11)10(21)8-7(9(16)20)17-3-4-18-8/h3-4,22H,1-2,5-6H2,(H2,16,20). The van der Waals surface area contributed by atoms with E-state index in [1.165, 1.54) is 0 Å². The summed E-state index contributed by atoms with van der Waals surface area (Å²) in [6.45, 7) is -0.921. The van der Waals surface area contributed by atoms with Crippen LogP contribution in [0.25, 0.3) is 0 Å². The van der Waals surface area contributed by atoms with E-state index in [2.05, 4.69) is 9.97 Å². The fraction of sp³-hybridized carbons (Fsp3) is 0.500. The number of nitrogens with zero attached hydrogens (tertiary/aromatic N) is 3. The molecular weight excluding hydrogens is 305 g/mol. The molecule has 2 rings (SSSR count). The van der Waals surface area contributed by atoms with Crippen molar-refractivity contribution >= 4 is 11.8 Å². The minimum atomic E-state index is -4.86. The topological polar surface area (TPSA) is 109 Å². The lowest BCUT2D eigenvalue weighted by Gasteiger charge is -2.39. The molecule has 1 aliphatic heterocycles. The average molecular weight is 318 g/mol. The van der Waals surface area contributed by atoms with Gasteiger partial charge in [0.1, 0.15) is 0 Å². The van der Waals surface area contributed by atoms with Crippen molar-refractivity contribution in [1.82, 2.24) is 14.9 Å². The molecule has 0 bridgehead atoms. The zero-order chi connectivity index (χ0) is 16.5. The monoisotopic (exact) mass is 318 g/mol. The van der Waals surface area contributed by atoms with Crippen molar-refractivity contribution in [3.63, 3.8) is 0 Å². The van der Waals surface area contributed by atoms with Crippen LogP contribution < -0.4 is 5.73 Å². The van der Waals surface area contributed by atoms with Gasteiger partial charge in [-0.2, -0.15) is 13.2 Å². The highest BCUT2D eigenvalue weighted by atomic mass is 19.4. The number of carbonyl (C=O) groups is 2. The van der Waals surface area contributed by atoms with Gasteiger partial charge in [-0.05, 0) is 12.8 Å². The summed E-state index contributed by atoms with van der Waals surface area (Å²) in [4.78, 5) is 31.6. The second kappa shape index (κ2) is 5.52. The normalized spacial score (nSPS) is 22.5. The number of aliphatic hydroxyl groups is 1. The third kappa shape index (κ3) is 2.86. The number of nitrogens with two attached hydrogens (primary N) is 1. The highest BCUT2D eigenvalue weighted by Crippen LogP contribution is 2.37. The Labute approximate surface area is 122 Å². The van der Waals surface area contributed by atoms with Crippen LogP contribution in [0.1, 0.15) is 33.8 Å². The van der Waals surface area contributed by atoms with Gasteiger partial charge < -0.3 is 15.7 Å². The number of rotatable bonds is 2. The van der Waals surface area contributed by atoms with E-state index in [-0.39, 0.29) is 13.0 Å². The number of aromatic nitrogens is 2. The number of hydrogen-bond acceptors (Lipinski definition) is 5. The van der Waals surface area contributed by atoms with Crippen LogP contribution >= 0.6 is 0 Å². The van der Waals surface area contributed by atoms with Crippen molar-refractivity contribution < 1.29 is 27.9 Å². The van der Waals surface area contributed by atoms with Gasteiger partial charge in [-0.1, -0.05) is 0 Å². The van der Waals surface area contributed by atoms with Crippen molar-refractivity contribution in [3.05, 3.63) is 23.8 Å². The van der Waals surface area contributed by atoms with Crippen molar-refractivity contribution in [2.75, 3.05) is 13.1 Å². The Morgan fingerprint density at radius 1 is 1.27 bits per heavy atom. The molecule has 1 fully saturated rings. The molecular formula is C12H13F3N4O3. The van der Waals surface area contributed by atoms with Crippen LogP contribution in [-0.4, -0.2) is 56.7 Å². The lowest BCUT2D eigenvalue weighted by molar-refractivity contribution is -0.271. The van der Waals surface area contributed by atoms with E-state index < -0.39 is 47.9 Å². The van der Waals surface area contributed by atoms with E-state index in [0.717, 1.165) is 17.3 Å². The van der Waals surface area contributed by atoms with Gasteiger partial charge in [-0.15, -0.1) is 0 Å². The maximum Gasteiger partial charge on any atom is 0.418 e. The molecule has 1 unspecified atom stereocenters. The summed E-state index contributed by atoms with van der Waals surface area (Å²) in [5.74, 6) is -1.94. The quantitative estimate of drug-likeness (QED) is 0.804. The summed E-state index contributed by atoms with van der Waals surface area (Å²) in [5, 5.41) is 9.71. The predicted molar refractivity (Wildman–Crippen MR) is 66.7 cm³/mol. The number of carbonyl (C=O) groups excluding carboxylic acids is 2. The summed E-state index contributed by atoms with van der Waals surface area (Å²) in [5.41, 5.74) is 1.23. The molecule has 1 saturated heterocycles. The van der Waals surface area contributed by atoms with E-state index in [1.54, 1.807) is 0 Å². The Balaban J connectivity index is 2.29. The predicted octanol–water partition coefficient (Wildman–Crippen LogP) is 0.105. The third-order valence-electron chi connectivity index (χ3n) is 3.42. The molecule has 2 heterocycles. The summed E-state index contributed by atoms with van der Waals surface area (Å²) in [6, 6.07) is 0. The molecule has 120 valence electrons. The summed E-state index contributed by atoms with van der Waals surface area (Å²) in [6.07, 6.45) is -3.13. The largest absolute Gasteiger partial charge is 0.418 e. The van der Waals surface area contributed by atoms with Crippen LogP contribution in [0.5, 0.6) is 0 Å². The highest BCUT2D eigenvalue weighted by Gasteiger charge is 2.56. The number of amides is 2. The Kier molecular flexibility index (Phi) is 4.05. The lowest BCUT2D eigenvalue weighted by Crippen LogP contribution is -2.58. The van der Waals surface area contributed by atoms with Crippen LogP contribution in [-0.2, 0) is 0 Å². The summed E-state index contributed by atoms with van der Waals surface area (Å²) >= 11 is 0. The third-order valence-corrected chi connectivity index (χ3v) is 3.42. The molecule has 22 heavy (non-hydrogen) atoms. The average Bonchev–Trinajstić information content (AvgIpc) is 2.45. The first-order valence-corrected chi connectivity index (χ1v) is 6.35. The van der Waals surface area contributed by atoms with E-state index >= 15 is 0 Å². The van der Waals surface area contributed by atoms with Gasteiger partial charge in [0.25, 0.3) is 11.8 Å². The molecule has 0 spiro atoms. The first-order chi connectivity index (χ1) is 10.2. The Morgan fingerprint density at radius 3 is 2.41 bits per heavy atom. The maximum atomic E-state index is 12.9. The molecule has 1 aliphatic rings. The number of piperidine rings is 1. The molecule has 3 N–H and O–H groups in total. The van der Waals surface area contributed by atoms with Crippen molar-refractivity contribution in [2.45, 2.75) is 24.6 Å². The summed E-state index contributed by atoms with van der Waals surface area (Å²) in [7, 11) is 0. The smallest absolute Gasteiger partial charge is 0.379 e. The second-order valence-corrected chi connectivity index (χ2v) is 4.98. The number of hydrogen-bond donors (Lipinski definition) is 2. The SMILES string of the molecule is NC(=O)c1nccnc1C(=O)N1CCCC(O)(C(F)(F)F)C1. The molecule has 10 heteroatoms. The first-order valence-electron chi connectivity index (χ1n) is 6.35. The molecule has 0 saturated carbocycles. The van der Waals surface area contributed by atoms with Gasteiger partial charge in [0, 0.05) is 18.9 Å². The molecule has 0 aliphatic carbocycles. The number of primary amides is 1. The van der Waals surface area contributed by atoms with Gasteiger partial charge in [0.05, 0.1) is 6.54 Å². The van der Waals surface area contributed by atoms with E-state index in [0.29, 0.717) is 0 Å². The molecule has 1 atom stereocenters. The van der Waals surface area contributed by atoms with E-state index in [9.17, 15) is 27.9 Å². The fourth-order valence-electron chi connectivity index (χ4n) is 2.27. The maximum absolute atomic E-state index is 12.9. The molecule has 1 aromatic heterocycles. The van der Waals surface area contributed by atoms with E-state index in [4.69, 9.17) is 5.73 Å². The summed E-state index contributed by atoms with van der Waals surface area (Å²) < 4.78 is 38.6. The molecule has 1 aromatic rings. The minimum Gasteiger partial charge on any atom is -0.379 e. The van der Waals surface area contributed by atoms with Crippen molar-refractivity contribution in [1.29, 1.82) is 0 Å². The Morgan fingerprint density at radius 2 is 1.86 bits per heavy atom. The van der Waals surface area contributed by atoms with Gasteiger partial charge in [-0.25, -0.2) is 9.97 Å². The number of likely N-dealkylation sites (tertiary alicyclic amines) is 1. The first kappa shape index (κ1) is 16.1. The Hall–Kier alpha value is -2.23. The van der Waals surface area contributed by atoms with Gasteiger partial charge in [-0.3, -0.25) is 9.59 Å². The second-order valence-electron chi connectivity index (χ2n) is 4.98. The number of halogens is 3. The van der Waals surface area contributed by atoms with Crippen LogP contribution in [0.4, 0.5) is 13.2 Å². The van der Waals surface area contributed by atoms with Crippen LogP contribution in [0, 0.1) is 0 Å². The Bertz CT molecular complexity index is 608. The van der Waals surface area contributed by atoms with E-state index in [1.807, 2.05) is 0 Å². The highest BCUT2D eigenvalue weighted by molar-refractivity contribution is 6.04. The van der Waals surface area contributed by atoms with Crippen LogP contribution in [0.2, 0.25) is 0 Å². The van der Waals surface area contributed by atoms with Gasteiger partial charge in [0.15, 0.2) is 17.0 Å². The minimum absolute atomic E-state index is 0.00595. The zero-order valence-electron chi connectivity index (χ0n) is 11.3. The zero-order valence-corrected chi connectivity index (χ0v) is 11.3. The molecule has 0 aromatic carbocycles. The fourth-order valence-corrected chi connectivity index (χ4v) is 2.27. The van der Waals surface area contributed by atoms with Gasteiger partial charge in [0.2, 0.25) is 0 Å². The molecule has 0 radical (unpaired) electrons. The van der Waals surface area contributed by atoms with Gasteiger partial charge >= 0.3 is 6.18 Å². The van der Waals surface area contributed by atoms with Crippen LogP contribution in [0.3, 0.4) is 0 Å². The number of β-amino-alcohol motifs (C(OH)–C–C–N with tert-alkyl or cyclic N) is 1. The number of alkyl halides is 3.